The molecular formula is C20H23ClN4O5S. The standard InChI is InChI=1S/C20H22N4O5S.ClH/c1-22(2)11-12-23(19(25)13-7-5-6-8-14(13)24(26)27)20-21-17-15(28-3)9-10-16(29-4)18(17)30-20;/h5-10H,11-12H2,1-4H3;1H. The number of carbonyl (C=O) groups is 1. The Balaban J connectivity index is 0.00000341. The van der Waals surface area contributed by atoms with Crippen LogP contribution in [0.1, 0.15) is 10.4 Å². The molecule has 0 radical (unpaired) electrons. The highest BCUT2D eigenvalue weighted by atomic mass is 35.5. The number of rotatable bonds is 8. The molecule has 0 unspecified atom stereocenters. The lowest BCUT2D eigenvalue weighted by Crippen LogP contribution is -2.37. The number of halogens is 1. The van der Waals surface area contributed by atoms with Gasteiger partial charge >= 0.3 is 0 Å². The minimum Gasteiger partial charge on any atom is -0.495 e. The maximum Gasteiger partial charge on any atom is 0.282 e. The van der Waals surface area contributed by atoms with Crippen molar-refractivity contribution in [2.45, 2.75) is 0 Å². The molecule has 1 heterocycles. The number of carbonyl (C=O) groups excluding carboxylic acids is 1. The number of methoxy groups -OCH3 is 2. The van der Waals surface area contributed by atoms with Gasteiger partial charge < -0.3 is 14.4 Å². The molecule has 31 heavy (non-hydrogen) atoms. The second-order valence-corrected chi connectivity index (χ2v) is 7.66. The zero-order valence-electron chi connectivity index (χ0n) is 17.5. The van der Waals surface area contributed by atoms with E-state index in [1.54, 1.807) is 32.4 Å². The zero-order valence-corrected chi connectivity index (χ0v) is 19.2. The molecule has 0 aliphatic carbocycles. The van der Waals surface area contributed by atoms with Crippen LogP contribution in [0.5, 0.6) is 11.5 Å². The van der Waals surface area contributed by atoms with Crippen LogP contribution < -0.4 is 14.4 Å². The van der Waals surface area contributed by atoms with Gasteiger partial charge in [0.15, 0.2) is 5.13 Å². The van der Waals surface area contributed by atoms with Crippen LogP contribution in [0.4, 0.5) is 10.8 Å². The topological polar surface area (TPSA) is 98.0 Å². The summed E-state index contributed by atoms with van der Waals surface area (Å²) in [5.74, 6) is 0.681. The lowest BCUT2D eigenvalue weighted by molar-refractivity contribution is -0.385. The number of nitro benzene ring substituents is 1. The second kappa shape index (κ2) is 10.4. The molecule has 0 bridgehead atoms. The number of hydrogen-bond donors (Lipinski definition) is 0. The fourth-order valence-electron chi connectivity index (χ4n) is 2.93. The molecule has 1 amide bonds. The molecule has 0 N–H and O–H groups in total. The number of likely N-dealkylation sites (N-methyl/N-ethyl adjacent to an activating group) is 1. The summed E-state index contributed by atoms with van der Waals surface area (Å²) in [5.41, 5.74) is 0.343. The van der Waals surface area contributed by atoms with Crippen molar-refractivity contribution >= 4 is 50.7 Å². The number of nitro groups is 1. The van der Waals surface area contributed by atoms with Gasteiger partial charge in [-0.2, -0.15) is 0 Å². The Hall–Kier alpha value is -2.95. The molecule has 3 aromatic rings. The van der Waals surface area contributed by atoms with Gasteiger partial charge in [-0.25, -0.2) is 4.98 Å². The molecule has 0 saturated carbocycles. The number of para-hydroxylation sites is 1. The van der Waals surface area contributed by atoms with Gasteiger partial charge in [-0.15, -0.1) is 12.4 Å². The lowest BCUT2D eigenvalue weighted by atomic mass is 10.1. The largest absolute Gasteiger partial charge is 0.495 e. The van der Waals surface area contributed by atoms with E-state index in [0.29, 0.717) is 35.2 Å². The average molecular weight is 467 g/mol. The van der Waals surface area contributed by atoms with Gasteiger partial charge in [0.25, 0.3) is 11.6 Å². The third kappa shape index (κ3) is 5.04. The smallest absolute Gasteiger partial charge is 0.282 e. The van der Waals surface area contributed by atoms with Crippen LogP contribution in [-0.2, 0) is 0 Å². The fourth-order valence-corrected chi connectivity index (χ4v) is 4.03. The Bertz CT molecular complexity index is 1050. The summed E-state index contributed by atoms with van der Waals surface area (Å²) < 4.78 is 11.6. The summed E-state index contributed by atoms with van der Waals surface area (Å²) in [5, 5.41) is 11.9. The van der Waals surface area contributed by atoms with Gasteiger partial charge in [-0.3, -0.25) is 19.8 Å². The average Bonchev–Trinajstić information content (AvgIpc) is 3.17. The molecular weight excluding hydrogens is 444 g/mol. The first kappa shape index (κ1) is 24.3. The Morgan fingerprint density at radius 3 is 2.35 bits per heavy atom. The van der Waals surface area contributed by atoms with Crippen LogP contribution in [0.15, 0.2) is 36.4 Å². The van der Waals surface area contributed by atoms with E-state index in [2.05, 4.69) is 4.98 Å². The number of ether oxygens (including phenoxy) is 2. The number of nitrogens with zero attached hydrogens (tertiary/aromatic N) is 4. The summed E-state index contributed by atoms with van der Waals surface area (Å²) >= 11 is 1.28. The molecule has 3 rings (SSSR count). The maximum atomic E-state index is 13.4. The van der Waals surface area contributed by atoms with E-state index in [-0.39, 0.29) is 23.7 Å². The first-order valence-electron chi connectivity index (χ1n) is 9.09. The Morgan fingerprint density at radius 2 is 1.74 bits per heavy atom. The van der Waals surface area contributed by atoms with Gasteiger partial charge in [0.1, 0.15) is 27.3 Å². The number of anilines is 1. The molecule has 0 aliphatic rings. The predicted octanol–water partition coefficient (Wildman–Crippen LogP) is 3.85. The van der Waals surface area contributed by atoms with Crippen molar-refractivity contribution in [3.05, 3.63) is 52.1 Å². The van der Waals surface area contributed by atoms with Crippen LogP contribution in [0.25, 0.3) is 10.2 Å². The molecule has 0 aliphatic heterocycles. The van der Waals surface area contributed by atoms with E-state index in [9.17, 15) is 14.9 Å². The number of amides is 1. The Labute approximate surface area is 189 Å². The van der Waals surface area contributed by atoms with Crippen molar-refractivity contribution in [2.24, 2.45) is 0 Å². The molecule has 1 aromatic heterocycles. The van der Waals surface area contributed by atoms with Crippen molar-refractivity contribution < 1.29 is 19.2 Å². The van der Waals surface area contributed by atoms with E-state index in [1.807, 2.05) is 19.0 Å². The highest BCUT2D eigenvalue weighted by Crippen LogP contribution is 2.40. The van der Waals surface area contributed by atoms with Gasteiger partial charge in [0, 0.05) is 19.2 Å². The Kier molecular flexibility index (Phi) is 8.14. The van der Waals surface area contributed by atoms with E-state index in [1.165, 1.54) is 34.4 Å². The number of hydrogen-bond acceptors (Lipinski definition) is 8. The number of benzene rings is 2. The number of fused-ring (bicyclic) bond motifs is 1. The minimum absolute atomic E-state index is 0. The molecule has 9 nitrogen and oxygen atoms in total. The van der Waals surface area contributed by atoms with Crippen molar-refractivity contribution in [1.29, 1.82) is 0 Å². The van der Waals surface area contributed by atoms with Gasteiger partial charge in [-0.1, -0.05) is 23.5 Å². The van der Waals surface area contributed by atoms with Crippen LogP contribution in [0, 0.1) is 10.1 Å². The quantitative estimate of drug-likeness (QED) is 0.367. The zero-order chi connectivity index (χ0) is 21.8. The third-order valence-corrected chi connectivity index (χ3v) is 5.57. The fraction of sp³-hybridized carbons (Fsp3) is 0.300. The normalized spacial score (nSPS) is 10.6. The molecule has 2 aromatic carbocycles. The van der Waals surface area contributed by atoms with E-state index >= 15 is 0 Å². The summed E-state index contributed by atoms with van der Waals surface area (Å²) in [6.45, 7) is 0.860. The maximum absolute atomic E-state index is 13.4. The molecule has 0 atom stereocenters. The highest BCUT2D eigenvalue weighted by Gasteiger charge is 2.28. The molecule has 11 heteroatoms. The highest BCUT2D eigenvalue weighted by molar-refractivity contribution is 7.22. The van der Waals surface area contributed by atoms with Crippen molar-refractivity contribution in [1.82, 2.24) is 9.88 Å². The van der Waals surface area contributed by atoms with Crippen LogP contribution in [0.3, 0.4) is 0 Å². The lowest BCUT2D eigenvalue weighted by Gasteiger charge is -2.21. The number of thiazole rings is 1. The van der Waals surface area contributed by atoms with E-state index < -0.39 is 10.8 Å². The van der Waals surface area contributed by atoms with Crippen LogP contribution in [0.2, 0.25) is 0 Å². The summed E-state index contributed by atoms with van der Waals surface area (Å²) in [4.78, 5) is 32.3. The summed E-state index contributed by atoms with van der Waals surface area (Å²) in [6.07, 6.45) is 0. The molecule has 0 fully saturated rings. The monoisotopic (exact) mass is 466 g/mol. The molecule has 0 spiro atoms. The van der Waals surface area contributed by atoms with Crippen molar-refractivity contribution in [3.8, 4) is 11.5 Å². The SMILES string of the molecule is COc1ccc(OC)c2sc(N(CCN(C)C)C(=O)c3ccccc3[N+](=O)[O-])nc12.Cl. The summed E-state index contributed by atoms with van der Waals surface area (Å²) in [7, 11) is 6.88. The molecule has 166 valence electrons. The molecule has 0 saturated heterocycles. The van der Waals surface area contributed by atoms with Gasteiger partial charge in [0.2, 0.25) is 0 Å². The van der Waals surface area contributed by atoms with Gasteiger partial charge in [0.05, 0.1) is 19.1 Å². The van der Waals surface area contributed by atoms with E-state index in [4.69, 9.17) is 9.47 Å². The minimum atomic E-state index is -0.554. The second-order valence-electron chi connectivity index (χ2n) is 6.68. The van der Waals surface area contributed by atoms with Crippen LogP contribution in [-0.4, -0.2) is 62.1 Å². The number of aromatic nitrogens is 1. The first-order chi connectivity index (χ1) is 14.4. The third-order valence-electron chi connectivity index (χ3n) is 4.48. The van der Waals surface area contributed by atoms with Gasteiger partial charge in [-0.05, 0) is 32.3 Å². The predicted molar refractivity (Wildman–Crippen MR) is 123 cm³/mol. The first-order valence-corrected chi connectivity index (χ1v) is 9.90. The summed E-state index contributed by atoms with van der Waals surface area (Å²) in [6, 6.07) is 9.44. The van der Waals surface area contributed by atoms with Crippen molar-refractivity contribution in [3.63, 3.8) is 0 Å². The van der Waals surface area contributed by atoms with Crippen LogP contribution >= 0.6 is 23.7 Å². The van der Waals surface area contributed by atoms with E-state index in [0.717, 1.165) is 4.70 Å². The van der Waals surface area contributed by atoms with Crippen molar-refractivity contribution in [2.75, 3.05) is 46.3 Å². The Morgan fingerprint density at radius 1 is 1.10 bits per heavy atom.